The van der Waals surface area contributed by atoms with E-state index in [1.165, 1.54) is 49.4 Å². The fraction of sp³-hybridized carbons (Fsp3) is 0. The molecule has 41 heavy (non-hydrogen) atoms. The Morgan fingerprint density at radius 3 is 1.98 bits per heavy atom. The fourth-order valence-corrected chi connectivity index (χ4v) is 6.07. The van der Waals surface area contributed by atoms with E-state index in [1.807, 2.05) is 36.9 Å². The van der Waals surface area contributed by atoms with E-state index in [4.69, 9.17) is 0 Å². The van der Waals surface area contributed by atoms with Crippen LogP contribution in [0.15, 0.2) is 152 Å². The highest BCUT2D eigenvalue weighted by Crippen LogP contribution is 2.40. The fourth-order valence-electron chi connectivity index (χ4n) is 6.07. The predicted octanol–water partition coefficient (Wildman–Crippen LogP) is 9.73. The van der Waals surface area contributed by atoms with Crippen LogP contribution in [-0.2, 0) is 0 Å². The van der Waals surface area contributed by atoms with Gasteiger partial charge >= 0.3 is 0 Å². The zero-order valence-corrected chi connectivity index (χ0v) is 22.3. The van der Waals surface area contributed by atoms with Gasteiger partial charge in [0.2, 0.25) is 0 Å². The maximum atomic E-state index is 4.43. The summed E-state index contributed by atoms with van der Waals surface area (Å²) in [5.74, 6) is 0. The van der Waals surface area contributed by atoms with E-state index in [2.05, 4.69) is 130 Å². The highest BCUT2D eigenvalue weighted by molar-refractivity contribution is 6.19. The normalized spacial score (nSPS) is 11.4. The summed E-state index contributed by atoms with van der Waals surface area (Å²) in [5, 5.41) is 4.98. The molecule has 3 nitrogen and oxygen atoms in total. The van der Waals surface area contributed by atoms with Crippen molar-refractivity contribution in [1.29, 1.82) is 0 Å². The molecule has 5 aromatic carbocycles. The molecule has 3 aromatic heterocycles. The van der Waals surface area contributed by atoms with Crippen LogP contribution in [0, 0.1) is 0 Å². The minimum Gasteiger partial charge on any atom is -0.309 e. The number of hydrogen-bond donors (Lipinski definition) is 0. The molecule has 0 aliphatic carbocycles. The van der Waals surface area contributed by atoms with Gasteiger partial charge in [-0.2, -0.15) is 0 Å². The van der Waals surface area contributed by atoms with E-state index >= 15 is 0 Å². The number of nitrogens with zero attached hydrogens (tertiary/aromatic N) is 3. The Morgan fingerprint density at radius 1 is 0.439 bits per heavy atom. The molecule has 3 heterocycles. The van der Waals surface area contributed by atoms with Gasteiger partial charge in [0.15, 0.2) is 0 Å². The predicted molar refractivity (Wildman–Crippen MR) is 170 cm³/mol. The largest absolute Gasteiger partial charge is 0.309 e. The first kappa shape index (κ1) is 23.4. The van der Waals surface area contributed by atoms with Crippen LogP contribution in [0.3, 0.4) is 0 Å². The maximum absolute atomic E-state index is 4.43. The lowest BCUT2D eigenvalue weighted by Crippen LogP contribution is -1.94. The van der Waals surface area contributed by atoms with Crippen LogP contribution in [-0.4, -0.2) is 14.5 Å². The molecule has 0 bridgehead atoms. The molecule has 0 fully saturated rings. The van der Waals surface area contributed by atoms with Crippen molar-refractivity contribution in [1.82, 2.24) is 14.5 Å². The lowest BCUT2D eigenvalue weighted by molar-refractivity contribution is 1.19. The first-order valence-electron chi connectivity index (χ1n) is 13.8. The van der Waals surface area contributed by atoms with Crippen LogP contribution in [0.4, 0.5) is 0 Å². The molecule has 0 aliphatic heterocycles. The molecule has 0 radical (unpaired) electrons. The smallest absolute Gasteiger partial charge is 0.0619 e. The standard InChI is InChI=1S/C38H25N3/c1-2-10-31(11-3-1)41-37-13-5-4-12-34(37)35-19-16-28-22-27(15-18-33(28)38(35)41)32-17-14-26(29-8-6-20-39-24-29)23-36(32)30-9-7-21-40-25-30/h1-25H. The van der Waals surface area contributed by atoms with Gasteiger partial charge in [0, 0.05) is 57.8 Å². The summed E-state index contributed by atoms with van der Waals surface area (Å²) in [6, 6.07) is 45.6. The molecule has 3 heteroatoms. The Hall–Kier alpha value is -5.54. The second-order valence-corrected chi connectivity index (χ2v) is 10.3. The maximum Gasteiger partial charge on any atom is 0.0619 e. The van der Waals surface area contributed by atoms with Crippen LogP contribution in [0.1, 0.15) is 0 Å². The van der Waals surface area contributed by atoms with Crippen molar-refractivity contribution in [3.05, 3.63) is 152 Å². The molecule has 0 saturated heterocycles. The molecule has 8 aromatic rings. The van der Waals surface area contributed by atoms with Crippen molar-refractivity contribution >= 4 is 32.6 Å². The first-order chi connectivity index (χ1) is 20.3. The Morgan fingerprint density at radius 2 is 1.17 bits per heavy atom. The minimum atomic E-state index is 1.09. The molecule has 0 amide bonds. The molecular formula is C38H25N3. The van der Waals surface area contributed by atoms with Gasteiger partial charge in [-0.05, 0) is 70.1 Å². The van der Waals surface area contributed by atoms with Gasteiger partial charge in [-0.15, -0.1) is 0 Å². The number of para-hydroxylation sites is 2. The average Bonchev–Trinajstić information content (AvgIpc) is 3.40. The summed E-state index contributed by atoms with van der Waals surface area (Å²) in [4.78, 5) is 8.76. The lowest BCUT2D eigenvalue weighted by Gasteiger charge is -2.14. The second-order valence-electron chi connectivity index (χ2n) is 10.3. The molecule has 0 saturated carbocycles. The third kappa shape index (κ3) is 3.90. The van der Waals surface area contributed by atoms with Crippen molar-refractivity contribution in [3.63, 3.8) is 0 Å². The molecular weight excluding hydrogens is 498 g/mol. The third-order valence-electron chi connectivity index (χ3n) is 7.96. The summed E-state index contributed by atoms with van der Waals surface area (Å²) in [6.07, 6.45) is 7.48. The van der Waals surface area contributed by atoms with E-state index < -0.39 is 0 Å². The summed E-state index contributed by atoms with van der Waals surface area (Å²) in [7, 11) is 0. The van der Waals surface area contributed by atoms with Gasteiger partial charge in [0.05, 0.1) is 11.0 Å². The van der Waals surface area contributed by atoms with Crippen LogP contribution >= 0.6 is 0 Å². The van der Waals surface area contributed by atoms with E-state index in [-0.39, 0.29) is 0 Å². The van der Waals surface area contributed by atoms with Gasteiger partial charge in [-0.1, -0.05) is 84.9 Å². The van der Waals surface area contributed by atoms with Crippen molar-refractivity contribution in [3.8, 4) is 39.1 Å². The highest BCUT2D eigenvalue weighted by Gasteiger charge is 2.16. The summed E-state index contributed by atoms with van der Waals surface area (Å²) >= 11 is 0. The molecule has 0 N–H and O–H groups in total. The second kappa shape index (κ2) is 9.58. The van der Waals surface area contributed by atoms with Crippen LogP contribution in [0.2, 0.25) is 0 Å². The number of pyridine rings is 2. The van der Waals surface area contributed by atoms with E-state index in [0.29, 0.717) is 0 Å². The SMILES string of the molecule is c1ccc(-n2c3ccccc3c3ccc4cc(-c5ccc(-c6cccnc6)cc5-c5cccnc5)ccc4c32)cc1. The van der Waals surface area contributed by atoms with Crippen molar-refractivity contribution in [2.75, 3.05) is 0 Å². The van der Waals surface area contributed by atoms with E-state index in [0.717, 1.165) is 22.3 Å². The van der Waals surface area contributed by atoms with Gasteiger partial charge in [0.1, 0.15) is 0 Å². The summed E-state index contributed by atoms with van der Waals surface area (Å²) < 4.78 is 2.40. The number of aromatic nitrogens is 3. The van der Waals surface area contributed by atoms with E-state index in [1.54, 1.807) is 0 Å². The zero-order chi connectivity index (χ0) is 27.2. The molecule has 0 aliphatic rings. The summed E-state index contributed by atoms with van der Waals surface area (Å²) in [6.45, 7) is 0. The lowest BCUT2D eigenvalue weighted by atomic mass is 9.91. The van der Waals surface area contributed by atoms with Gasteiger partial charge in [0.25, 0.3) is 0 Å². The Kier molecular flexibility index (Phi) is 5.46. The van der Waals surface area contributed by atoms with Gasteiger partial charge < -0.3 is 4.57 Å². The third-order valence-corrected chi connectivity index (χ3v) is 7.96. The molecule has 0 atom stereocenters. The van der Waals surface area contributed by atoms with Crippen molar-refractivity contribution in [2.24, 2.45) is 0 Å². The molecule has 8 rings (SSSR count). The monoisotopic (exact) mass is 523 g/mol. The number of fused-ring (bicyclic) bond motifs is 5. The zero-order valence-electron chi connectivity index (χ0n) is 22.3. The quantitative estimate of drug-likeness (QED) is 0.230. The number of benzene rings is 5. The Labute approximate surface area is 238 Å². The Bertz CT molecular complexity index is 2180. The van der Waals surface area contributed by atoms with Gasteiger partial charge in [-0.3, -0.25) is 9.97 Å². The summed E-state index contributed by atoms with van der Waals surface area (Å²) in [5.41, 5.74) is 10.4. The molecule has 192 valence electrons. The molecule has 0 spiro atoms. The van der Waals surface area contributed by atoms with Crippen molar-refractivity contribution < 1.29 is 0 Å². The highest BCUT2D eigenvalue weighted by atomic mass is 15.0. The van der Waals surface area contributed by atoms with Crippen LogP contribution in [0.5, 0.6) is 0 Å². The number of hydrogen-bond acceptors (Lipinski definition) is 2. The van der Waals surface area contributed by atoms with Crippen LogP contribution in [0.25, 0.3) is 71.6 Å². The van der Waals surface area contributed by atoms with E-state index in [9.17, 15) is 0 Å². The van der Waals surface area contributed by atoms with Gasteiger partial charge in [-0.25, -0.2) is 0 Å². The average molecular weight is 524 g/mol. The molecule has 0 unspecified atom stereocenters. The topological polar surface area (TPSA) is 30.7 Å². The van der Waals surface area contributed by atoms with Crippen LogP contribution < -0.4 is 0 Å². The first-order valence-corrected chi connectivity index (χ1v) is 13.8. The number of rotatable bonds is 4. The Balaban J connectivity index is 1.36. The van der Waals surface area contributed by atoms with Crippen molar-refractivity contribution in [2.45, 2.75) is 0 Å². The minimum absolute atomic E-state index is 1.09.